The number of aryl methyl sites for hydroxylation is 1. The van der Waals surface area contributed by atoms with Gasteiger partial charge < -0.3 is 10.2 Å². The standard InChI is InChI=1S/C26H34N6/c1-4-31(5-2)17-15-28-25-22-13-16-32(18-21-11-9-20(3)10-12-21)19-24(22)29-26(30-25)23-8-6-7-14-27-23/h6-12,14H,4-5,13,15-19H2,1-3H3,(H,28,29,30). The fraction of sp³-hybridized carbons (Fsp3) is 0.423. The van der Waals surface area contributed by atoms with Crippen molar-refractivity contribution >= 4 is 5.82 Å². The predicted octanol–water partition coefficient (Wildman–Crippen LogP) is 4.16. The monoisotopic (exact) mass is 430 g/mol. The van der Waals surface area contributed by atoms with Crippen LogP contribution in [-0.4, -0.2) is 57.5 Å². The van der Waals surface area contributed by atoms with Gasteiger partial charge in [0.1, 0.15) is 11.5 Å². The lowest BCUT2D eigenvalue weighted by molar-refractivity contribution is 0.241. The Balaban J connectivity index is 1.56. The molecular formula is C26H34N6. The Labute approximate surface area is 191 Å². The van der Waals surface area contributed by atoms with Gasteiger partial charge in [-0.15, -0.1) is 0 Å². The van der Waals surface area contributed by atoms with Crippen LogP contribution < -0.4 is 5.32 Å². The van der Waals surface area contributed by atoms with E-state index in [1.807, 2.05) is 18.2 Å². The highest BCUT2D eigenvalue weighted by Crippen LogP contribution is 2.27. The van der Waals surface area contributed by atoms with Crippen molar-refractivity contribution < 1.29 is 0 Å². The molecule has 3 aromatic rings. The summed E-state index contributed by atoms with van der Waals surface area (Å²) in [7, 11) is 0. The molecule has 0 saturated carbocycles. The lowest BCUT2D eigenvalue weighted by Crippen LogP contribution is -2.33. The maximum Gasteiger partial charge on any atom is 0.180 e. The van der Waals surface area contributed by atoms with Gasteiger partial charge in [-0.1, -0.05) is 49.7 Å². The number of likely N-dealkylation sites (N-methyl/N-ethyl adjacent to an activating group) is 1. The Hall–Kier alpha value is -2.83. The van der Waals surface area contributed by atoms with Gasteiger partial charge >= 0.3 is 0 Å². The van der Waals surface area contributed by atoms with Crippen LogP contribution in [0, 0.1) is 6.92 Å². The minimum absolute atomic E-state index is 0.701. The Morgan fingerprint density at radius 3 is 2.56 bits per heavy atom. The summed E-state index contributed by atoms with van der Waals surface area (Å²) in [4.78, 5) is 19.3. The van der Waals surface area contributed by atoms with E-state index in [1.165, 1.54) is 16.7 Å². The largest absolute Gasteiger partial charge is 0.368 e. The minimum Gasteiger partial charge on any atom is -0.368 e. The van der Waals surface area contributed by atoms with Crippen molar-refractivity contribution in [3.8, 4) is 11.5 Å². The molecule has 6 nitrogen and oxygen atoms in total. The van der Waals surface area contributed by atoms with Crippen molar-refractivity contribution in [2.75, 3.05) is 38.0 Å². The van der Waals surface area contributed by atoms with E-state index in [2.05, 4.69) is 65.1 Å². The predicted molar refractivity (Wildman–Crippen MR) is 131 cm³/mol. The van der Waals surface area contributed by atoms with Gasteiger partial charge in [-0.3, -0.25) is 9.88 Å². The molecule has 1 N–H and O–H groups in total. The summed E-state index contributed by atoms with van der Waals surface area (Å²) < 4.78 is 0. The molecule has 1 aromatic carbocycles. The van der Waals surface area contributed by atoms with Crippen LogP contribution in [0.1, 0.15) is 36.2 Å². The number of fused-ring (bicyclic) bond motifs is 1. The second-order valence-corrected chi connectivity index (χ2v) is 8.44. The maximum atomic E-state index is 4.96. The number of pyridine rings is 1. The van der Waals surface area contributed by atoms with E-state index in [0.29, 0.717) is 5.82 Å². The first-order valence-corrected chi connectivity index (χ1v) is 11.7. The molecule has 0 unspecified atom stereocenters. The molecule has 0 spiro atoms. The third-order valence-corrected chi connectivity index (χ3v) is 6.18. The van der Waals surface area contributed by atoms with Crippen molar-refractivity contribution in [3.05, 3.63) is 71.0 Å². The summed E-state index contributed by atoms with van der Waals surface area (Å²) in [6, 6.07) is 14.7. The fourth-order valence-electron chi connectivity index (χ4n) is 4.20. The lowest BCUT2D eigenvalue weighted by atomic mass is 10.0. The third-order valence-electron chi connectivity index (χ3n) is 6.18. The zero-order valence-electron chi connectivity index (χ0n) is 19.5. The highest BCUT2D eigenvalue weighted by molar-refractivity contribution is 5.57. The van der Waals surface area contributed by atoms with E-state index >= 15 is 0 Å². The number of nitrogens with zero attached hydrogens (tertiary/aromatic N) is 5. The minimum atomic E-state index is 0.701. The summed E-state index contributed by atoms with van der Waals surface area (Å²) in [6.45, 7) is 13.3. The molecule has 0 radical (unpaired) electrons. The summed E-state index contributed by atoms with van der Waals surface area (Å²) in [5.41, 5.74) is 5.83. The highest BCUT2D eigenvalue weighted by Gasteiger charge is 2.23. The Kier molecular flexibility index (Phi) is 7.45. The van der Waals surface area contributed by atoms with Crippen molar-refractivity contribution in [3.63, 3.8) is 0 Å². The molecule has 0 amide bonds. The lowest BCUT2D eigenvalue weighted by Gasteiger charge is -2.29. The number of anilines is 1. The van der Waals surface area contributed by atoms with E-state index in [1.54, 1.807) is 6.20 Å². The van der Waals surface area contributed by atoms with Gasteiger partial charge in [-0.2, -0.15) is 0 Å². The summed E-state index contributed by atoms with van der Waals surface area (Å²) >= 11 is 0. The molecule has 0 fully saturated rings. The fourth-order valence-corrected chi connectivity index (χ4v) is 4.20. The average Bonchev–Trinajstić information content (AvgIpc) is 2.83. The highest BCUT2D eigenvalue weighted by atomic mass is 15.2. The van der Waals surface area contributed by atoms with Gasteiger partial charge in [0.05, 0.1) is 5.69 Å². The van der Waals surface area contributed by atoms with Gasteiger partial charge in [0.25, 0.3) is 0 Å². The van der Waals surface area contributed by atoms with Gasteiger partial charge in [0.2, 0.25) is 0 Å². The Bertz CT molecular complexity index is 999. The number of aromatic nitrogens is 3. The first kappa shape index (κ1) is 22.4. The number of nitrogens with one attached hydrogen (secondary N) is 1. The van der Waals surface area contributed by atoms with Gasteiger partial charge in [0.15, 0.2) is 5.82 Å². The molecule has 32 heavy (non-hydrogen) atoms. The van der Waals surface area contributed by atoms with Crippen LogP contribution in [0.25, 0.3) is 11.5 Å². The molecule has 0 aliphatic carbocycles. The topological polar surface area (TPSA) is 57.2 Å². The Morgan fingerprint density at radius 2 is 1.84 bits per heavy atom. The Morgan fingerprint density at radius 1 is 1.03 bits per heavy atom. The molecule has 1 aliphatic rings. The number of benzene rings is 1. The van der Waals surface area contributed by atoms with Crippen molar-refractivity contribution in [2.45, 2.75) is 40.3 Å². The van der Waals surface area contributed by atoms with Crippen LogP contribution >= 0.6 is 0 Å². The third kappa shape index (κ3) is 5.50. The molecule has 0 saturated heterocycles. The van der Waals surface area contributed by atoms with Crippen molar-refractivity contribution in [1.82, 2.24) is 24.8 Å². The molecular weight excluding hydrogens is 396 g/mol. The molecule has 3 heterocycles. The van der Waals surface area contributed by atoms with Gasteiger partial charge in [0, 0.05) is 44.5 Å². The second kappa shape index (κ2) is 10.7. The van der Waals surface area contributed by atoms with Gasteiger partial charge in [-0.05, 0) is 44.1 Å². The van der Waals surface area contributed by atoms with E-state index in [0.717, 1.165) is 69.4 Å². The summed E-state index contributed by atoms with van der Waals surface area (Å²) in [5, 5.41) is 3.61. The molecule has 1 aliphatic heterocycles. The van der Waals surface area contributed by atoms with E-state index in [4.69, 9.17) is 9.97 Å². The van der Waals surface area contributed by atoms with E-state index in [9.17, 15) is 0 Å². The zero-order valence-corrected chi connectivity index (χ0v) is 19.5. The van der Waals surface area contributed by atoms with Crippen LogP contribution in [-0.2, 0) is 19.5 Å². The molecule has 4 rings (SSSR count). The maximum absolute atomic E-state index is 4.96. The smallest absolute Gasteiger partial charge is 0.180 e. The summed E-state index contributed by atoms with van der Waals surface area (Å²) in [5.74, 6) is 1.67. The SMILES string of the molecule is CCN(CC)CCNc1nc(-c2ccccn2)nc2c1CCN(Cc1ccc(C)cc1)C2. The quantitative estimate of drug-likeness (QED) is 0.550. The molecule has 6 heteroatoms. The van der Waals surface area contributed by atoms with E-state index in [-0.39, 0.29) is 0 Å². The molecule has 2 aromatic heterocycles. The van der Waals surface area contributed by atoms with Crippen molar-refractivity contribution in [2.24, 2.45) is 0 Å². The number of hydrogen-bond donors (Lipinski definition) is 1. The summed E-state index contributed by atoms with van der Waals surface area (Å²) in [6.07, 6.45) is 2.76. The van der Waals surface area contributed by atoms with Crippen LogP contribution in [0.5, 0.6) is 0 Å². The van der Waals surface area contributed by atoms with Gasteiger partial charge in [-0.25, -0.2) is 9.97 Å². The average molecular weight is 431 g/mol. The molecule has 168 valence electrons. The first-order valence-electron chi connectivity index (χ1n) is 11.7. The van der Waals surface area contributed by atoms with Crippen molar-refractivity contribution in [1.29, 1.82) is 0 Å². The molecule has 0 atom stereocenters. The zero-order chi connectivity index (χ0) is 22.3. The molecule has 0 bridgehead atoms. The second-order valence-electron chi connectivity index (χ2n) is 8.44. The number of rotatable bonds is 9. The van der Waals surface area contributed by atoms with E-state index < -0.39 is 0 Å². The van der Waals surface area contributed by atoms with Crippen LogP contribution in [0.3, 0.4) is 0 Å². The van der Waals surface area contributed by atoms with Crippen LogP contribution in [0.15, 0.2) is 48.7 Å². The normalized spacial score (nSPS) is 13.9. The first-order chi connectivity index (χ1) is 15.7. The van der Waals surface area contributed by atoms with Crippen LogP contribution in [0.4, 0.5) is 5.82 Å². The number of hydrogen-bond acceptors (Lipinski definition) is 6. The van der Waals surface area contributed by atoms with Crippen LogP contribution in [0.2, 0.25) is 0 Å².